The fourth-order valence-corrected chi connectivity index (χ4v) is 2.14. The quantitative estimate of drug-likeness (QED) is 0.409. The van der Waals surface area contributed by atoms with E-state index < -0.39 is 30.7 Å². The highest BCUT2D eigenvalue weighted by atomic mass is 16.7. The van der Waals surface area contributed by atoms with Gasteiger partial charge in [0.05, 0.1) is 19.3 Å². The third kappa shape index (κ3) is 3.92. The van der Waals surface area contributed by atoms with Gasteiger partial charge in [0.15, 0.2) is 6.29 Å². The molecule has 0 radical (unpaired) electrons. The van der Waals surface area contributed by atoms with Crippen LogP contribution < -0.4 is 0 Å². The lowest BCUT2D eigenvalue weighted by Crippen LogP contribution is -2.59. The van der Waals surface area contributed by atoms with Gasteiger partial charge in [-0.3, -0.25) is 0 Å². The van der Waals surface area contributed by atoms with E-state index in [4.69, 9.17) is 15.0 Å². The molecule has 0 saturated carbocycles. The van der Waals surface area contributed by atoms with E-state index in [9.17, 15) is 15.3 Å². The van der Waals surface area contributed by atoms with Gasteiger partial charge in [-0.1, -0.05) is 35.4 Å². The average molecular weight is 295 g/mol. The van der Waals surface area contributed by atoms with Crippen LogP contribution in [0.15, 0.2) is 35.4 Å². The number of rotatable bonds is 5. The third-order valence-corrected chi connectivity index (χ3v) is 3.27. The van der Waals surface area contributed by atoms with Gasteiger partial charge in [-0.15, -0.1) is 0 Å². The molecule has 8 nitrogen and oxygen atoms in total. The summed E-state index contributed by atoms with van der Waals surface area (Å²) in [5.41, 5.74) is 9.11. The monoisotopic (exact) mass is 295 g/mol. The van der Waals surface area contributed by atoms with Crippen LogP contribution in [0.4, 0.5) is 0 Å². The molecule has 3 N–H and O–H groups in total. The van der Waals surface area contributed by atoms with Gasteiger partial charge in [-0.25, -0.2) is 0 Å². The van der Waals surface area contributed by atoms with E-state index in [0.717, 1.165) is 5.56 Å². The van der Waals surface area contributed by atoms with Gasteiger partial charge in [0.1, 0.15) is 18.3 Å². The van der Waals surface area contributed by atoms with E-state index in [0.29, 0.717) is 0 Å². The summed E-state index contributed by atoms with van der Waals surface area (Å²) < 4.78 is 10.6. The normalized spacial score (nSPS) is 32.4. The molecule has 1 saturated heterocycles. The summed E-state index contributed by atoms with van der Waals surface area (Å²) in [5.74, 6) is 0. The molecule has 2 rings (SSSR count). The van der Waals surface area contributed by atoms with Crippen LogP contribution in [-0.2, 0) is 16.1 Å². The Morgan fingerprint density at radius 1 is 1.19 bits per heavy atom. The highest BCUT2D eigenvalue weighted by molar-refractivity contribution is 5.13. The topological polar surface area (TPSA) is 128 Å². The lowest BCUT2D eigenvalue weighted by atomic mass is 9.99. The van der Waals surface area contributed by atoms with Gasteiger partial charge in [0.2, 0.25) is 0 Å². The molecule has 5 atom stereocenters. The second kappa shape index (κ2) is 7.37. The summed E-state index contributed by atoms with van der Waals surface area (Å²) in [6.45, 7) is -0.0199. The molecular weight excluding hydrogens is 278 g/mol. The number of azide groups is 1. The molecule has 0 unspecified atom stereocenters. The molecule has 1 aliphatic rings. The van der Waals surface area contributed by atoms with Gasteiger partial charge in [0, 0.05) is 4.91 Å². The van der Waals surface area contributed by atoms with Crippen molar-refractivity contribution in [2.45, 2.75) is 37.3 Å². The Morgan fingerprint density at radius 3 is 2.57 bits per heavy atom. The molecule has 8 heteroatoms. The summed E-state index contributed by atoms with van der Waals surface area (Å²) in [6, 6.07) is 9.22. The first-order valence-electron chi connectivity index (χ1n) is 6.49. The van der Waals surface area contributed by atoms with E-state index in [-0.39, 0.29) is 13.2 Å². The lowest BCUT2D eigenvalue weighted by Gasteiger charge is -2.40. The summed E-state index contributed by atoms with van der Waals surface area (Å²) in [6.07, 6.45) is -6.10. The molecule has 114 valence electrons. The van der Waals surface area contributed by atoms with Gasteiger partial charge in [-0.05, 0) is 11.1 Å². The van der Waals surface area contributed by atoms with E-state index in [1.165, 1.54) is 0 Å². The number of hydrogen-bond donors (Lipinski definition) is 3. The van der Waals surface area contributed by atoms with Crippen molar-refractivity contribution in [2.24, 2.45) is 5.11 Å². The average Bonchev–Trinajstić information content (AvgIpc) is 2.50. The molecule has 1 heterocycles. The van der Waals surface area contributed by atoms with Gasteiger partial charge < -0.3 is 24.8 Å². The lowest BCUT2D eigenvalue weighted by molar-refractivity contribution is -0.291. The maximum Gasteiger partial charge on any atom is 0.184 e. The van der Waals surface area contributed by atoms with Crippen LogP contribution >= 0.6 is 0 Å². The minimum Gasteiger partial charge on any atom is -0.388 e. The first kappa shape index (κ1) is 15.7. The van der Waals surface area contributed by atoms with E-state index in [1.54, 1.807) is 0 Å². The van der Waals surface area contributed by atoms with Crippen molar-refractivity contribution in [3.05, 3.63) is 46.3 Å². The fraction of sp³-hybridized carbons (Fsp3) is 0.538. The molecule has 21 heavy (non-hydrogen) atoms. The number of aliphatic hydroxyl groups is 3. The summed E-state index contributed by atoms with van der Waals surface area (Å²) in [5, 5.41) is 33.0. The Kier molecular flexibility index (Phi) is 5.51. The Balaban J connectivity index is 1.96. The van der Waals surface area contributed by atoms with Gasteiger partial charge >= 0.3 is 0 Å². The van der Waals surface area contributed by atoms with Crippen LogP contribution in [0.25, 0.3) is 10.4 Å². The molecule has 1 fully saturated rings. The van der Waals surface area contributed by atoms with Crippen molar-refractivity contribution in [3.8, 4) is 0 Å². The molecule has 0 aliphatic carbocycles. The number of benzene rings is 1. The Hall–Kier alpha value is -1.67. The van der Waals surface area contributed by atoms with Crippen LogP contribution in [-0.4, -0.2) is 52.6 Å². The predicted molar refractivity (Wildman–Crippen MR) is 71.9 cm³/mol. The van der Waals surface area contributed by atoms with Crippen molar-refractivity contribution in [3.63, 3.8) is 0 Å². The standard InChI is InChI=1S/C13H17N3O5/c14-16-15-6-9-10(17)11(18)12(13(19)21-9)20-7-8-4-2-1-3-5-8/h1-5,9-13,17-19H,6-7H2/t9-,10-,11+,12+,13+/m1/s1. The number of ether oxygens (including phenoxy) is 2. The molecule has 1 aliphatic heterocycles. The van der Waals surface area contributed by atoms with Crippen LogP contribution in [0.5, 0.6) is 0 Å². The Morgan fingerprint density at radius 2 is 1.90 bits per heavy atom. The van der Waals surface area contributed by atoms with Crippen LogP contribution in [0, 0.1) is 0 Å². The molecule has 0 bridgehead atoms. The molecule has 1 aromatic carbocycles. The molecular formula is C13H17N3O5. The smallest absolute Gasteiger partial charge is 0.184 e. The zero-order valence-electron chi connectivity index (χ0n) is 11.2. The maximum absolute atomic E-state index is 10.0. The van der Waals surface area contributed by atoms with Crippen molar-refractivity contribution >= 4 is 0 Å². The summed E-state index contributed by atoms with van der Waals surface area (Å²) in [7, 11) is 0. The predicted octanol–water partition coefficient (Wildman–Crippen LogP) is 0.321. The van der Waals surface area contributed by atoms with Gasteiger partial charge in [-0.2, -0.15) is 0 Å². The second-order valence-electron chi connectivity index (χ2n) is 4.72. The van der Waals surface area contributed by atoms with Crippen molar-refractivity contribution in [1.82, 2.24) is 0 Å². The first-order chi connectivity index (χ1) is 10.1. The number of aliphatic hydroxyl groups excluding tert-OH is 3. The Bertz CT molecular complexity index is 494. The van der Waals surface area contributed by atoms with Crippen LogP contribution in [0.3, 0.4) is 0 Å². The van der Waals surface area contributed by atoms with Gasteiger partial charge in [0.25, 0.3) is 0 Å². The highest BCUT2D eigenvalue weighted by Gasteiger charge is 2.44. The van der Waals surface area contributed by atoms with E-state index >= 15 is 0 Å². The van der Waals surface area contributed by atoms with E-state index in [2.05, 4.69) is 10.0 Å². The minimum atomic E-state index is -1.41. The zero-order chi connectivity index (χ0) is 15.2. The maximum atomic E-state index is 10.0. The zero-order valence-corrected chi connectivity index (χ0v) is 11.2. The summed E-state index contributed by atoms with van der Waals surface area (Å²) >= 11 is 0. The SMILES string of the molecule is [N-]=[N+]=NC[C@H]1O[C@H](O)[C@@H](OCc2ccccc2)[C@@H](O)[C@@H]1O. The number of nitrogens with zero attached hydrogens (tertiary/aromatic N) is 3. The van der Waals surface area contributed by atoms with Crippen molar-refractivity contribution in [1.29, 1.82) is 0 Å². The highest BCUT2D eigenvalue weighted by Crippen LogP contribution is 2.23. The summed E-state index contributed by atoms with van der Waals surface area (Å²) in [4.78, 5) is 2.55. The first-order valence-corrected chi connectivity index (χ1v) is 6.49. The Labute approximate surface area is 121 Å². The molecule has 1 aromatic rings. The minimum absolute atomic E-state index is 0.163. The van der Waals surface area contributed by atoms with Crippen molar-refractivity contribution in [2.75, 3.05) is 6.54 Å². The largest absolute Gasteiger partial charge is 0.388 e. The van der Waals surface area contributed by atoms with E-state index in [1.807, 2.05) is 30.3 Å². The molecule has 0 amide bonds. The van der Waals surface area contributed by atoms with Crippen LogP contribution in [0.1, 0.15) is 5.56 Å². The molecule has 0 aromatic heterocycles. The van der Waals surface area contributed by atoms with Crippen LogP contribution in [0.2, 0.25) is 0 Å². The van der Waals surface area contributed by atoms with Crippen molar-refractivity contribution < 1.29 is 24.8 Å². The fourth-order valence-electron chi connectivity index (χ4n) is 2.14. The number of hydrogen-bond acceptors (Lipinski definition) is 6. The second-order valence-corrected chi connectivity index (χ2v) is 4.72. The third-order valence-electron chi connectivity index (χ3n) is 3.27. The molecule has 0 spiro atoms.